The minimum atomic E-state index is -0.362. The second-order valence-electron chi connectivity index (χ2n) is 6.52. The van der Waals surface area contributed by atoms with E-state index in [-0.39, 0.29) is 11.4 Å². The third-order valence-corrected chi connectivity index (χ3v) is 3.73. The van der Waals surface area contributed by atoms with E-state index in [2.05, 4.69) is 6.92 Å². The van der Waals surface area contributed by atoms with Crippen LogP contribution in [-0.4, -0.2) is 12.6 Å². The van der Waals surface area contributed by atoms with Gasteiger partial charge in [-0.2, -0.15) is 0 Å². The zero-order valence-corrected chi connectivity index (χ0v) is 11.9. The van der Waals surface area contributed by atoms with Crippen LogP contribution in [0.1, 0.15) is 66.2 Å². The van der Waals surface area contributed by atoms with Crippen LogP contribution in [0.2, 0.25) is 0 Å². The van der Waals surface area contributed by atoms with Crippen LogP contribution >= 0.6 is 0 Å². The monoisotopic (exact) mass is 240 g/mol. The zero-order valence-electron chi connectivity index (χ0n) is 11.9. The van der Waals surface area contributed by atoms with Gasteiger partial charge in [-0.15, -0.1) is 0 Å². The Hall–Kier alpha value is -0.530. The van der Waals surface area contributed by atoms with Gasteiger partial charge in [0.2, 0.25) is 0 Å². The van der Waals surface area contributed by atoms with Crippen LogP contribution in [-0.2, 0) is 9.53 Å². The highest BCUT2D eigenvalue weighted by Gasteiger charge is 2.26. The number of ether oxygens (including phenoxy) is 1. The molecule has 1 fully saturated rings. The van der Waals surface area contributed by atoms with Crippen LogP contribution in [0.5, 0.6) is 0 Å². The van der Waals surface area contributed by atoms with Gasteiger partial charge < -0.3 is 4.74 Å². The Bertz CT molecular complexity index is 232. The van der Waals surface area contributed by atoms with Crippen molar-refractivity contribution in [1.29, 1.82) is 0 Å². The number of hydrogen-bond donors (Lipinski definition) is 0. The number of esters is 1. The summed E-state index contributed by atoms with van der Waals surface area (Å²) in [6.07, 6.45) is 7.80. The van der Waals surface area contributed by atoms with Crippen molar-refractivity contribution in [3.05, 3.63) is 0 Å². The average Bonchev–Trinajstić information content (AvgIpc) is 2.27. The quantitative estimate of drug-likeness (QED) is 0.689. The van der Waals surface area contributed by atoms with Crippen LogP contribution in [0.15, 0.2) is 0 Å². The van der Waals surface area contributed by atoms with E-state index in [1.807, 2.05) is 20.8 Å². The van der Waals surface area contributed by atoms with E-state index in [9.17, 15) is 4.79 Å². The molecule has 1 saturated carbocycles. The topological polar surface area (TPSA) is 26.3 Å². The molecule has 0 heterocycles. The third-order valence-electron chi connectivity index (χ3n) is 3.73. The lowest BCUT2D eigenvalue weighted by Gasteiger charge is -2.28. The summed E-state index contributed by atoms with van der Waals surface area (Å²) in [5, 5.41) is 0. The molecule has 17 heavy (non-hydrogen) atoms. The molecule has 0 unspecified atom stereocenters. The molecule has 0 amide bonds. The van der Waals surface area contributed by atoms with Gasteiger partial charge in [0, 0.05) is 0 Å². The molecule has 0 atom stereocenters. The highest BCUT2D eigenvalue weighted by Crippen LogP contribution is 2.31. The maximum atomic E-state index is 11.7. The Labute approximate surface area is 106 Å². The lowest BCUT2D eigenvalue weighted by Crippen LogP contribution is -2.27. The maximum absolute atomic E-state index is 11.7. The van der Waals surface area contributed by atoms with Gasteiger partial charge in [-0.05, 0) is 45.4 Å². The van der Waals surface area contributed by atoms with Crippen molar-refractivity contribution < 1.29 is 9.53 Å². The molecule has 0 aromatic rings. The summed E-state index contributed by atoms with van der Waals surface area (Å²) in [7, 11) is 0. The van der Waals surface area contributed by atoms with E-state index in [1.165, 1.54) is 38.5 Å². The van der Waals surface area contributed by atoms with E-state index in [0.29, 0.717) is 12.5 Å². The van der Waals surface area contributed by atoms with Gasteiger partial charge in [-0.3, -0.25) is 4.79 Å². The van der Waals surface area contributed by atoms with Gasteiger partial charge in [-0.1, -0.05) is 32.6 Å². The molecule has 0 aromatic carbocycles. The van der Waals surface area contributed by atoms with Gasteiger partial charge in [0.05, 0.1) is 12.0 Å². The molecule has 0 aliphatic heterocycles. The zero-order chi connectivity index (χ0) is 12.9. The van der Waals surface area contributed by atoms with E-state index in [0.717, 1.165) is 5.92 Å². The van der Waals surface area contributed by atoms with Gasteiger partial charge in [0.25, 0.3) is 0 Å². The number of rotatable bonds is 4. The van der Waals surface area contributed by atoms with Crippen molar-refractivity contribution in [3.8, 4) is 0 Å². The average molecular weight is 240 g/mol. The fourth-order valence-corrected chi connectivity index (χ4v) is 2.51. The molecule has 0 N–H and O–H groups in total. The molecule has 1 aliphatic rings. The molecule has 100 valence electrons. The summed E-state index contributed by atoms with van der Waals surface area (Å²) in [5.41, 5.74) is -0.362. The van der Waals surface area contributed by atoms with E-state index < -0.39 is 0 Å². The van der Waals surface area contributed by atoms with Crippen molar-refractivity contribution in [2.45, 2.75) is 66.2 Å². The first-order chi connectivity index (χ1) is 7.93. The van der Waals surface area contributed by atoms with Crippen LogP contribution < -0.4 is 0 Å². The Morgan fingerprint density at radius 2 is 1.65 bits per heavy atom. The summed E-state index contributed by atoms with van der Waals surface area (Å²) < 4.78 is 5.40. The highest BCUT2D eigenvalue weighted by atomic mass is 16.5. The molecule has 0 aromatic heterocycles. The fourth-order valence-electron chi connectivity index (χ4n) is 2.51. The summed E-state index contributed by atoms with van der Waals surface area (Å²) in [4.78, 5) is 11.7. The summed E-state index contributed by atoms with van der Waals surface area (Å²) >= 11 is 0. The van der Waals surface area contributed by atoms with Crippen molar-refractivity contribution in [2.75, 3.05) is 6.61 Å². The van der Waals surface area contributed by atoms with Crippen LogP contribution in [0.3, 0.4) is 0 Å². The standard InChI is InChI=1S/C15H28O2/c1-5-6-12-7-9-13(10-8-12)11-17-14(16)15(2,3)4/h12-13H,5-11H2,1-4H3. The van der Waals surface area contributed by atoms with E-state index in [4.69, 9.17) is 4.74 Å². The molecule has 0 saturated heterocycles. The molecule has 2 heteroatoms. The van der Waals surface area contributed by atoms with Crippen molar-refractivity contribution in [3.63, 3.8) is 0 Å². The molecule has 1 aliphatic carbocycles. The first kappa shape index (κ1) is 14.5. The summed E-state index contributed by atoms with van der Waals surface area (Å²) in [6, 6.07) is 0. The van der Waals surface area contributed by atoms with Gasteiger partial charge in [0.15, 0.2) is 0 Å². The largest absolute Gasteiger partial charge is 0.465 e. The SMILES string of the molecule is CCCC1CCC(COC(=O)C(C)(C)C)CC1. The number of carbonyl (C=O) groups is 1. The lowest BCUT2D eigenvalue weighted by atomic mass is 9.80. The van der Waals surface area contributed by atoms with Gasteiger partial charge in [0.1, 0.15) is 0 Å². The highest BCUT2D eigenvalue weighted by molar-refractivity contribution is 5.75. The molecule has 0 radical (unpaired) electrons. The second-order valence-corrected chi connectivity index (χ2v) is 6.52. The summed E-state index contributed by atoms with van der Waals surface area (Å²) in [5.74, 6) is 1.47. The minimum Gasteiger partial charge on any atom is -0.465 e. The molecule has 2 nitrogen and oxygen atoms in total. The van der Waals surface area contributed by atoms with E-state index in [1.54, 1.807) is 0 Å². The second kappa shape index (κ2) is 6.42. The molecule has 1 rings (SSSR count). The Morgan fingerprint density at radius 3 is 2.12 bits per heavy atom. The van der Waals surface area contributed by atoms with Crippen LogP contribution in [0.25, 0.3) is 0 Å². The number of hydrogen-bond acceptors (Lipinski definition) is 2. The Morgan fingerprint density at radius 1 is 1.12 bits per heavy atom. The van der Waals surface area contributed by atoms with Crippen molar-refractivity contribution in [1.82, 2.24) is 0 Å². The molecular formula is C15H28O2. The predicted molar refractivity (Wildman–Crippen MR) is 70.8 cm³/mol. The smallest absolute Gasteiger partial charge is 0.311 e. The first-order valence-corrected chi connectivity index (χ1v) is 7.10. The minimum absolute atomic E-state index is 0.0619. The maximum Gasteiger partial charge on any atom is 0.311 e. The fraction of sp³-hybridized carbons (Fsp3) is 0.933. The first-order valence-electron chi connectivity index (χ1n) is 7.10. The lowest BCUT2D eigenvalue weighted by molar-refractivity contribution is -0.154. The van der Waals surface area contributed by atoms with Crippen LogP contribution in [0.4, 0.5) is 0 Å². The summed E-state index contributed by atoms with van der Waals surface area (Å²) in [6.45, 7) is 8.63. The number of carbonyl (C=O) groups excluding carboxylic acids is 1. The molecule has 0 spiro atoms. The van der Waals surface area contributed by atoms with E-state index >= 15 is 0 Å². The van der Waals surface area contributed by atoms with Gasteiger partial charge >= 0.3 is 5.97 Å². The van der Waals surface area contributed by atoms with Crippen molar-refractivity contribution >= 4 is 5.97 Å². The Kier molecular flexibility index (Phi) is 5.48. The molecule has 0 bridgehead atoms. The van der Waals surface area contributed by atoms with Gasteiger partial charge in [-0.25, -0.2) is 0 Å². The van der Waals surface area contributed by atoms with Crippen LogP contribution in [0, 0.1) is 17.3 Å². The normalized spacial score (nSPS) is 25.6. The molecular weight excluding hydrogens is 212 g/mol. The third kappa shape index (κ3) is 5.10. The van der Waals surface area contributed by atoms with Crippen molar-refractivity contribution in [2.24, 2.45) is 17.3 Å². The Balaban J connectivity index is 2.21. The predicted octanol–water partition coefficient (Wildman–Crippen LogP) is 4.18.